The van der Waals surface area contributed by atoms with E-state index in [1.165, 1.54) is 17.0 Å². The van der Waals surface area contributed by atoms with Crippen molar-refractivity contribution in [1.29, 1.82) is 0 Å². The van der Waals surface area contributed by atoms with Gasteiger partial charge in [0.15, 0.2) is 0 Å². The number of nitrogens with zero attached hydrogens (tertiary/aromatic N) is 2. The van der Waals surface area contributed by atoms with Crippen LogP contribution in [0.3, 0.4) is 0 Å². The molecule has 3 amide bonds. The molecule has 1 aromatic rings. The first-order chi connectivity index (χ1) is 13.7. The molecule has 2 fully saturated rings. The molecule has 9 heteroatoms. The fraction of sp³-hybridized carbons (Fsp3) is 0.600. The molecule has 2 aliphatic rings. The molecular formula is C20H30N4O4S. The Kier molecular flexibility index (Phi) is 6.48. The number of primary amides is 1. The molecule has 0 saturated carbocycles. The van der Waals surface area contributed by atoms with Crippen molar-refractivity contribution >= 4 is 27.6 Å². The Morgan fingerprint density at radius 2 is 1.69 bits per heavy atom. The molecule has 2 heterocycles. The Hall–Kier alpha value is -2.13. The van der Waals surface area contributed by atoms with Crippen molar-refractivity contribution in [1.82, 2.24) is 9.21 Å². The molecule has 0 bridgehead atoms. The maximum absolute atomic E-state index is 12.9. The Balaban J connectivity index is 1.65. The van der Waals surface area contributed by atoms with Crippen molar-refractivity contribution < 1.29 is 18.0 Å². The van der Waals surface area contributed by atoms with Crippen LogP contribution in [0.25, 0.3) is 0 Å². The van der Waals surface area contributed by atoms with Crippen molar-refractivity contribution in [3.63, 3.8) is 0 Å². The smallest absolute Gasteiger partial charge is 0.314 e. The summed E-state index contributed by atoms with van der Waals surface area (Å²) in [6, 6.07) is 5.77. The van der Waals surface area contributed by atoms with Crippen molar-refractivity contribution in [3.05, 3.63) is 24.3 Å². The first-order valence-electron chi connectivity index (χ1n) is 10.1. The van der Waals surface area contributed by atoms with Crippen LogP contribution >= 0.6 is 0 Å². The van der Waals surface area contributed by atoms with Gasteiger partial charge in [-0.25, -0.2) is 13.2 Å². The Morgan fingerprint density at radius 3 is 2.28 bits per heavy atom. The summed E-state index contributed by atoms with van der Waals surface area (Å²) in [7, 11) is -3.55. The van der Waals surface area contributed by atoms with Gasteiger partial charge in [0.05, 0.1) is 10.8 Å². The third kappa shape index (κ3) is 5.08. The van der Waals surface area contributed by atoms with Crippen LogP contribution in [0, 0.1) is 17.8 Å². The number of sulfonamides is 1. The van der Waals surface area contributed by atoms with E-state index in [0.29, 0.717) is 50.1 Å². The number of nitrogens with one attached hydrogen (secondary N) is 1. The highest BCUT2D eigenvalue weighted by atomic mass is 32.2. The molecule has 0 aromatic heterocycles. The van der Waals surface area contributed by atoms with Gasteiger partial charge in [0.1, 0.15) is 0 Å². The van der Waals surface area contributed by atoms with Crippen molar-refractivity contribution in [2.24, 2.45) is 23.5 Å². The molecule has 1 aromatic carbocycles. The second kappa shape index (κ2) is 8.71. The topological polar surface area (TPSA) is 113 Å². The number of hydrogen-bond acceptors (Lipinski definition) is 4. The summed E-state index contributed by atoms with van der Waals surface area (Å²) in [6.07, 6.45) is 2.45. The fourth-order valence-corrected chi connectivity index (χ4v) is 5.98. The van der Waals surface area contributed by atoms with Crippen LogP contribution in [0.1, 0.15) is 33.1 Å². The van der Waals surface area contributed by atoms with Gasteiger partial charge in [-0.15, -0.1) is 0 Å². The molecular weight excluding hydrogens is 392 g/mol. The molecule has 3 rings (SSSR count). The van der Waals surface area contributed by atoms with Gasteiger partial charge in [-0.1, -0.05) is 13.8 Å². The van der Waals surface area contributed by atoms with Gasteiger partial charge in [-0.2, -0.15) is 4.31 Å². The van der Waals surface area contributed by atoms with Gasteiger partial charge in [0.25, 0.3) is 0 Å². The predicted molar refractivity (Wildman–Crippen MR) is 111 cm³/mol. The number of anilines is 1. The zero-order valence-corrected chi connectivity index (χ0v) is 17.8. The van der Waals surface area contributed by atoms with E-state index in [4.69, 9.17) is 5.73 Å². The van der Waals surface area contributed by atoms with Crippen molar-refractivity contribution in [3.8, 4) is 0 Å². The van der Waals surface area contributed by atoms with Gasteiger partial charge in [-0.05, 0) is 55.4 Å². The predicted octanol–water partition coefficient (Wildman–Crippen LogP) is 2.08. The summed E-state index contributed by atoms with van der Waals surface area (Å²) >= 11 is 0. The van der Waals surface area contributed by atoms with Crippen LogP contribution in [-0.2, 0) is 14.8 Å². The Bertz CT molecular complexity index is 846. The average molecular weight is 423 g/mol. The van der Waals surface area contributed by atoms with Gasteiger partial charge in [0.2, 0.25) is 15.9 Å². The van der Waals surface area contributed by atoms with E-state index in [9.17, 15) is 18.0 Å². The number of nitrogens with two attached hydrogens (primary N) is 1. The van der Waals surface area contributed by atoms with E-state index < -0.39 is 16.1 Å². The summed E-state index contributed by atoms with van der Waals surface area (Å²) in [5, 5.41) is 2.82. The van der Waals surface area contributed by atoms with E-state index in [0.717, 1.165) is 12.8 Å². The first-order valence-corrected chi connectivity index (χ1v) is 11.6. The number of carbonyl (C=O) groups is 2. The van der Waals surface area contributed by atoms with Crippen molar-refractivity contribution in [2.75, 3.05) is 31.5 Å². The number of rotatable bonds is 4. The molecule has 3 atom stereocenters. The van der Waals surface area contributed by atoms with E-state index in [1.54, 1.807) is 16.4 Å². The maximum Gasteiger partial charge on any atom is 0.314 e. The third-order valence-electron chi connectivity index (χ3n) is 5.70. The minimum atomic E-state index is -3.55. The van der Waals surface area contributed by atoms with Crippen LogP contribution < -0.4 is 11.1 Å². The van der Waals surface area contributed by atoms with Crippen LogP contribution in [0.2, 0.25) is 0 Å². The molecule has 0 aliphatic carbocycles. The zero-order chi connectivity index (χ0) is 21.2. The van der Waals surface area contributed by atoms with E-state index in [2.05, 4.69) is 19.2 Å². The highest BCUT2D eigenvalue weighted by Crippen LogP contribution is 2.27. The van der Waals surface area contributed by atoms with Crippen LogP contribution in [0.5, 0.6) is 0 Å². The summed E-state index contributed by atoms with van der Waals surface area (Å²) in [6.45, 7) is 6.08. The maximum atomic E-state index is 12.9. The van der Waals surface area contributed by atoms with Crippen molar-refractivity contribution in [2.45, 2.75) is 38.0 Å². The van der Waals surface area contributed by atoms with E-state index in [1.807, 2.05) is 0 Å². The van der Waals surface area contributed by atoms with Gasteiger partial charge < -0.3 is 16.0 Å². The number of carbonyl (C=O) groups excluding carboxylic acids is 2. The number of piperidine rings is 2. The lowest BCUT2D eigenvalue weighted by Crippen LogP contribution is -2.46. The van der Waals surface area contributed by atoms with Gasteiger partial charge in [0, 0.05) is 31.9 Å². The third-order valence-corrected chi connectivity index (χ3v) is 7.54. The number of urea groups is 1. The Morgan fingerprint density at radius 1 is 1.07 bits per heavy atom. The quantitative estimate of drug-likeness (QED) is 0.773. The monoisotopic (exact) mass is 422 g/mol. The second-order valence-corrected chi connectivity index (χ2v) is 10.3. The first kappa shape index (κ1) is 21.6. The van der Waals surface area contributed by atoms with Gasteiger partial charge in [-0.3, -0.25) is 4.79 Å². The summed E-state index contributed by atoms with van der Waals surface area (Å²) in [5.74, 6) is 0.159. The summed E-state index contributed by atoms with van der Waals surface area (Å²) < 4.78 is 27.5. The highest BCUT2D eigenvalue weighted by Gasteiger charge is 2.32. The number of hydrogen-bond donors (Lipinski definition) is 2. The van der Waals surface area contributed by atoms with Crippen LogP contribution in [-0.4, -0.2) is 55.7 Å². The standard InChI is InChI=1S/C20H30N4O4S/c1-14-10-15(2)12-24(11-14)29(27,28)18-7-5-17(6-8-18)22-19(25)16-4-3-9-23(13-16)20(21)26/h5-8,14-16H,3-4,9-13H2,1-2H3,(H2,21,26)(H,22,25)/t14-,15+,16-/m1/s1. The molecule has 2 aliphatic heterocycles. The molecule has 2 saturated heterocycles. The largest absolute Gasteiger partial charge is 0.351 e. The number of likely N-dealkylation sites (tertiary alicyclic amines) is 1. The van der Waals surface area contributed by atoms with E-state index >= 15 is 0 Å². The van der Waals surface area contributed by atoms with E-state index in [-0.39, 0.29) is 16.7 Å². The molecule has 0 spiro atoms. The lowest BCUT2D eigenvalue weighted by Gasteiger charge is -2.34. The molecule has 0 radical (unpaired) electrons. The minimum Gasteiger partial charge on any atom is -0.351 e. The molecule has 8 nitrogen and oxygen atoms in total. The average Bonchev–Trinajstić information content (AvgIpc) is 2.67. The Labute approximate surface area is 172 Å². The fourth-order valence-electron chi connectivity index (χ4n) is 4.30. The molecule has 0 unspecified atom stereocenters. The molecule has 3 N–H and O–H groups in total. The summed E-state index contributed by atoms with van der Waals surface area (Å²) in [5.41, 5.74) is 5.85. The van der Waals surface area contributed by atoms with Crippen LogP contribution in [0.4, 0.5) is 10.5 Å². The second-order valence-electron chi connectivity index (χ2n) is 8.41. The van der Waals surface area contributed by atoms with Crippen LogP contribution in [0.15, 0.2) is 29.2 Å². The highest BCUT2D eigenvalue weighted by molar-refractivity contribution is 7.89. The minimum absolute atomic E-state index is 0.190. The lowest BCUT2D eigenvalue weighted by atomic mass is 9.94. The molecule has 160 valence electrons. The zero-order valence-electron chi connectivity index (χ0n) is 17.0. The molecule has 29 heavy (non-hydrogen) atoms. The SMILES string of the molecule is C[C@@H]1C[C@H](C)CN(S(=O)(=O)c2ccc(NC(=O)[C@@H]3CCCN(C(N)=O)C3)cc2)C1. The lowest BCUT2D eigenvalue weighted by molar-refractivity contribution is -0.121. The number of benzene rings is 1. The summed E-state index contributed by atoms with van der Waals surface area (Å²) in [4.78, 5) is 25.6. The normalized spacial score (nSPS) is 26.1. The number of amides is 3. The van der Waals surface area contributed by atoms with Gasteiger partial charge >= 0.3 is 6.03 Å².